The third-order valence-electron chi connectivity index (χ3n) is 3.12. The molecule has 0 aliphatic rings. The highest BCUT2D eigenvalue weighted by Gasteiger charge is 2.10. The Bertz CT molecular complexity index is 650. The molecule has 0 bridgehead atoms. The number of rotatable bonds is 6. The van der Waals surface area contributed by atoms with E-state index in [-0.39, 0.29) is 17.8 Å². The zero-order valence-corrected chi connectivity index (χ0v) is 13.8. The summed E-state index contributed by atoms with van der Waals surface area (Å²) in [6.07, 6.45) is 0. The largest absolute Gasteiger partial charge is 0.349 e. The van der Waals surface area contributed by atoms with Crippen molar-refractivity contribution >= 4 is 29.3 Å². The van der Waals surface area contributed by atoms with Crippen molar-refractivity contribution in [2.45, 2.75) is 18.7 Å². The molecular weight excluding hydrogens is 321 g/mol. The molecule has 0 aliphatic carbocycles. The van der Waals surface area contributed by atoms with E-state index in [0.717, 1.165) is 11.1 Å². The van der Waals surface area contributed by atoms with Crippen LogP contribution in [0.15, 0.2) is 48.5 Å². The van der Waals surface area contributed by atoms with Gasteiger partial charge in [0.1, 0.15) is 5.82 Å². The predicted octanol–water partition coefficient (Wildman–Crippen LogP) is 4.59. The topological polar surface area (TPSA) is 29.1 Å². The van der Waals surface area contributed by atoms with Crippen molar-refractivity contribution in [3.05, 3.63) is 70.5 Å². The maximum absolute atomic E-state index is 13.0. The Hall–Kier alpha value is -1.52. The number of halogens is 2. The Kier molecular flexibility index (Phi) is 6.28. The number of hydrogen-bond acceptors (Lipinski definition) is 2. The molecule has 0 radical (unpaired) electrons. The Morgan fingerprint density at radius 2 is 2.05 bits per heavy atom. The SMILES string of the molecule is C[C@@H](NC(=O)CSCc1cccc(F)c1)c1cccc(Cl)c1. The molecule has 2 rings (SSSR count). The maximum Gasteiger partial charge on any atom is 0.230 e. The van der Waals surface area contributed by atoms with Crippen LogP contribution in [0.4, 0.5) is 4.39 Å². The molecule has 22 heavy (non-hydrogen) atoms. The summed E-state index contributed by atoms with van der Waals surface area (Å²) in [6.45, 7) is 1.92. The van der Waals surface area contributed by atoms with Gasteiger partial charge in [0.15, 0.2) is 0 Å². The van der Waals surface area contributed by atoms with Crippen LogP contribution >= 0.6 is 23.4 Å². The van der Waals surface area contributed by atoms with E-state index in [1.807, 2.05) is 31.2 Å². The molecule has 0 fully saturated rings. The van der Waals surface area contributed by atoms with Gasteiger partial charge in [0.05, 0.1) is 11.8 Å². The fourth-order valence-corrected chi connectivity index (χ4v) is 3.02. The monoisotopic (exact) mass is 337 g/mol. The highest BCUT2D eigenvalue weighted by Crippen LogP contribution is 2.18. The van der Waals surface area contributed by atoms with Gasteiger partial charge >= 0.3 is 0 Å². The molecule has 0 aliphatic heterocycles. The second kappa shape index (κ2) is 8.20. The fourth-order valence-electron chi connectivity index (χ4n) is 2.03. The van der Waals surface area contributed by atoms with Gasteiger partial charge in [-0.15, -0.1) is 11.8 Å². The smallest absolute Gasteiger partial charge is 0.230 e. The van der Waals surface area contributed by atoms with Crippen LogP contribution in [0, 0.1) is 5.82 Å². The predicted molar refractivity (Wildman–Crippen MR) is 90.6 cm³/mol. The molecule has 2 aromatic rings. The second-order valence-corrected chi connectivity index (χ2v) is 6.39. The quantitative estimate of drug-likeness (QED) is 0.835. The molecule has 0 saturated heterocycles. The standard InChI is InChI=1S/C17H17ClFNOS/c1-12(14-5-3-6-15(18)9-14)20-17(21)11-22-10-13-4-2-7-16(19)8-13/h2-9,12H,10-11H2,1H3,(H,20,21)/t12-/m1/s1. The van der Waals surface area contributed by atoms with Crippen molar-refractivity contribution in [2.75, 3.05) is 5.75 Å². The summed E-state index contributed by atoms with van der Waals surface area (Å²) < 4.78 is 13.0. The van der Waals surface area contributed by atoms with E-state index >= 15 is 0 Å². The van der Waals surface area contributed by atoms with Crippen molar-refractivity contribution in [1.29, 1.82) is 0 Å². The van der Waals surface area contributed by atoms with Crippen LogP contribution in [0.5, 0.6) is 0 Å². The lowest BCUT2D eigenvalue weighted by Gasteiger charge is -2.14. The zero-order valence-electron chi connectivity index (χ0n) is 12.2. The molecule has 0 unspecified atom stereocenters. The first-order chi connectivity index (χ1) is 10.5. The third-order valence-corrected chi connectivity index (χ3v) is 4.36. The van der Waals surface area contributed by atoms with Crippen LogP contribution in [0.3, 0.4) is 0 Å². The molecule has 116 valence electrons. The van der Waals surface area contributed by atoms with Crippen molar-refractivity contribution in [3.8, 4) is 0 Å². The molecule has 5 heteroatoms. The normalized spacial score (nSPS) is 12.0. The first-order valence-corrected chi connectivity index (χ1v) is 8.45. The lowest BCUT2D eigenvalue weighted by atomic mass is 10.1. The highest BCUT2D eigenvalue weighted by molar-refractivity contribution is 7.99. The van der Waals surface area contributed by atoms with Gasteiger partial charge in [0, 0.05) is 10.8 Å². The summed E-state index contributed by atoms with van der Waals surface area (Å²) in [6, 6.07) is 13.7. The minimum Gasteiger partial charge on any atom is -0.349 e. The molecule has 2 nitrogen and oxygen atoms in total. The Morgan fingerprint density at radius 3 is 2.77 bits per heavy atom. The van der Waals surface area contributed by atoms with Crippen LogP contribution in [-0.4, -0.2) is 11.7 Å². The first-order valence-electron chi connectivity index (χ1n) is 6.91. The van der Waals surface area contributed by atoms with Gasteiger partial charge in [-0.25, -0.2) is 4.39 Å². The van der Waals surface area contributed by atoms with Gasteiger partial charge in [-0.05, 0) is 42.3 Å². The van der Waals surface area contributed by atoms with E-state index in [1.165, 1.54) is 23.9 Å². The summed E-state index contributed by atoms with van der Waals surface area (Å²) in [5.74, 6) is 0.643. The highest BCUT2D eigenvalue weighted by atomic mass is 35.5. The van der Waals surface area contributed by atoms with E-state index in [4.69, 9.17) is 11.6 Å². The van der Waals surface area contributed by atoms with E-state index in [1.54, 1.807) is 12.1 Å². The van der Waals surface area contributed by atoms with Gasteiger partial charge < -0.3 is 5.32 Å². The molecule has 0 aromatic heterocycles. The lowest BCUT2D eigenvalue weighted by molar-refractivity contribution is -0.119. The third kappa shape index (κ3) is 5.35. The molecule has 2 aromatic carbocycles. The van der Waals surface area contributed by atoms with Crippen LogP contribution in [0.2, 0.25) is 5.02 Å². The molecule has 0 saturated carbocycles. The van der Waals surface area contributed by atoms with Crippen LogP contribution < -0.4 is 5.32 Å². The van der Waals surface area contributed by atoms with Gasteiger partial charge in [0.2, 0.25) is 5.91 Å². The number of carbonyl (C=O) groups is 1. The van der Waals surface area contributed by atoms with E-state index in [2.05, 4.69) is 5.32 Å². The Balaban J connectivity index is 1.78. The molecule has 0 spiro atoms. The second-order valence-electron chi connectivity index (χ2n) is 4.97. The van der Waals surface area contributed by atoms with E-state index in [0.29, 0.717) is 16.5 Å². The summed E-state index contributed by atoms with van der Waals surface area (Å²) >= 11 is 7.40. The molecule has 1 N–H and O–H groups in total. The average Bonchev–Trinajstić information content (AvgIpc) is 2.47. The number of thioether (sulfide) groups is 1. The van der Waals surface area contributed by atoms with E-state index in [9.17, 15) is 9.18 Å². The minimum atomic E-state index is -0.253. The molecule has 1 atom stereocenters. The molecule has 1 amide bonds. The summed E-state index contributed by atoms with van der Waals surface area (Å²) in [5.41, 5.74) is 1.84. The minimum absolute atomic E-state index is 0.0473. The lowest BCUT2D eigenvalue weighted by Crippen LogP contribution is -2.28. The number of benzene rings is 2. The zero-order chi connectivity index (χ0) is 15.9. The Morgan fingerprint density at radius 1 is 1.27 bits per heavy atom. The van der Waals surface area contributed by atoms with Crippen molar-refractivity contribution in [2.24, 2.45) is 0 Å². The first kappa shape index (κ1) is 16.8. The fraction of sp³-hybridized carbons (Fsp3) is 0.235. The number of nitrogens with one attached hydrogen (secondary N) is 1. The Labute approximate surface area is 139 Å². The number of amides is 1. The maximum atomic E-state index is 13.0. The summed E-state index contributed by atoms with van der Waals surface area (Å²) in [7, 11) is 0. The van der Waals surface area contributed by atoms with Gasteiger partial charge in [-0.3, -0.25) is 4.79 Å². The van der Waals surface area contributed by atoms with Gasteiger partial charge in [0.25, 0.3) is 0 Å². The number of hydrogen-bond donors (Lipinski definition) is 1. The van der Waals surface area contributed by atoms with E-state index < -0.39 is 0 Å². The van der Waals surface area contributed by atoms with Gasteiger partial charge in [-0.1, -0.05) is 35.9 Å². The van der Waals surface area contributed by atoms with Crippen molar-refractivity contribution in [1.82, 2.24) is 5.32 Å². The van der Waals surface area contributed by atoms with Gasteiger partial charge in [-0.2, -0.15) is 0 Å². The van der Waals surface area contributed by atoms with Crippen molar-refractivity contribution in [3.63, 3.8) is 0 Å². The summed E-state index contributed by atoms with van der Waals surface area (Å²) in [5, 5.41) is 3.58. The van der Waals surface area contributed by atoms with Crippen LogP contribution in [-0.2, 0) is 10.5 Å². The van der Waals surface area contributed by atoms with Crippen LogP contribution in [0.1, 0.15) is 24.1 Å². The number of carbonyl (C=O) groups excluding carboxylic acids is 1. The molecular formula is C17H17ClFNOS. The average molecular weight is 338 g/mol. The molecule has 0 heterocycles. The summed E-state index contributed by atoms with van der Waals surface area (Å²) in [4.78, 5) is 11.9. The van der Waals surface area contributed by atoms with Crippen LogP contribution in [0.25, 0.3) is 0 Å². The van der Waals surface area contributed by atoms with Crippen molar-refractivity contribution < 1.29 is 9.18 Å².